The number of nitrogens with zero attached hydrogens (tertiary/aromatic N) is 3. The van der Waals surface area contributed by atoms with Gasteiger partial charge in [-0.1, -0.05) is 13.8 Å². The van der Waals surface area contributed by atoms with Crippen LogP contribution in [0.15, 0.2) is 24.3 Å². The van der Waals surface area contributed by atoms with Crippen molar-refractivity contribution in [1.29, 1.82) is 0 Å². The monoisotopic (exact) mass is 291 g/mol. The molecular weight excluding hydrogens is 274 g/mol. The van der Waals surface area contributed by atoms with Crippen LogP contribution in [0.5, 0.6) is 0 Å². The van der Waals surface area contributed by atoms with E-state index >= 15 is 0 Å². The van der Waals surface area contributed by atoms with E-state index in [1.807, 2.05) is 18.7 Å². The number of benzene rings is 1. The first-order chi connectivity index (χ1) is 9.99. The third-order valence-electron chi connectivity index (χ3n) is 3.69. The highest BCUT2D eigenvalue weighted by atomic mass is 16.6. The zero-order chi connectivity index (χ0) is 15.6. The molecule has 0 aromatic heterocycles. The molecule has 7 nitrogen and oxygen atoms in total. The maximum Gasteiger partial charge on any atom is 0.269 e. The highest BCUT2D eigenvalue weighted by molar-refractivity contribution is 6.22. The third-order valence-corrected chi connectivity index (χ3v) is 3.69. The van der Waals surface area contributed by atoms with E-state index in [9.17, 15) is 19.7 Å². The summed E-state index contributed by atoms with van der Waals surface area (Å²) in [6.45, 7) is 5.26. The molecule has 1 atom stereocenters. The molecule has 0 N–H and O–H groups in total. The summed E-state index contributed by atoms with van der Waals surface area (Å²) >= 11 is 0. The average Bonchev–Trinajstić information content (AvgIpc) is 2.76. The molecule has 21 heavy (non-hydrogen) atoms. The van der Waals surface area contributed by atoms with Crippen molar-refractivity contribution >= 4 is 23.2 Å². The Morgan fingerprint density at radius 1 is 1.24 bits per heavy atom. The highest BCUT2D eigenvalue weighted by Gasteiger charge is 2.41. The van der Waals surface area contributed by atoms with Gasteiger partial charge in [0, 0.05) is 12.1 Å². The number of hydrogen-bond donors (Lipinski definition) is 0. The molecule has 0 unspecified atom stereocenters. The zero-order valence-corrected chi connectivity index (χ0v) is 12.0. The van der Waals surface area contributed by atoms with Crippen LogP contribution in [0, 0.1) is 10.1 Å². The Kier molecular flexibility index (Phi) is 4.32. The van der Waals surface area contributed by atoms with Crippen LogP contribution in [-0.4, -0.2) is 40.8 Å². The van der Waals surface area contributed by atoms with E-state index in [0.29, 0.717) is 18.8 Å². The van der Waals surface area contributed by atoms with Crippen molar-refractivity contribution in [2.24, 2.45) is 0 Å². The van der Waals surface area contributed by atoms with Crippen molar-refractivity contribution < 1.29 is 14.5 Å². The Bertz CT molecular complexity index is 566. The molecule has 0 saturated carbocycles. The minimum atomic E-state index is -0.518. The Balaban J connectivity index is 2.25. The molecule has 0 radical (unpaired) electrons. The summed E-state index contributed by atoms with van der Waals surface area (Å²) in [6, 6.07) is 5.00. The summed E-state index contributed by atoms with van der Waals surface area (Å²) in [5.41, 5.74) is 0.309. The van der Waals surface area contributed by atoms with Crippen molar-refractivity contribution in [3.05, 3.63) is 34.4 Å². The van der Waals surface area contributed by atoms with Crippen molar-refractivity contribution in [2.45, 2.75) is 26.3 Å². The number of anilines is 1. The van der Waals surface area contributed by atoms with E-state index < -0.39 is 11.0 Å². The second-order valence-corrected chi connectivity index (χ2v) is 4.78. The number of rotatable bonds is 5. The number of hydrogen-bond acceptors (Lipinski definition) is 5. The molecule has 112 valence electrons. The van der Waals surface area contributed by atoms with Crippen molar-refractivity contribution in [2.75, 3.05) is 18.0 Å². The van der Waals surface area contributed by atoms with Gasteiger partial charge in [0.15, 0.2) is 0 Å². The Hall–Kier alpha value is -2.28. The van der Waals surface area contributed by atoms with Crippen LogP contribution in [0.4, 0.5) is 11.4 Å². The van der Waals surface area contributed by atoms with Gasteiger partial charge in [0.2, 0.25) is 5.91 Å². The number of nitro groups is 1. The number of carbonyl (C=O) groups is 2. The van der Waals surface area contributed by atoms with Crippen LogP contribution in [0.1, 0.15) is 20.3 Å². The lowest BCUT2D eigenvalue weighted by Crippen LogP contribution is -2.41. The third kappa shape index (κ3) is 2.78. The van der Waals surface area contributed by atoms with Gasteiger partial charge in [-0.2, -0.15) is 0 Å². The predicted octanol–water partition coefficient (Wildman–Crippen LogP) is 1.57. The number of imide groups is 1. The van der Waals surface area contributed by atoms with E-state index in [1.165, 1.54) is 24.3 Å². The molecule has 1 fully saturated rings. The van der Waals surface area contributed by atoms with Crippen molar-refractivity contribution in [3.8, 4) is 0 Å². The topological polar surface area (TPSA) is 83.8 Å². The summed E-state index contributed by atoms with van der Waals surface area (Å²) in [7, 11) is 0. The van der Waals surface area contributed by atoms with E-state index in [2.05, 4.69) is 0 Å². The molecule has 0 spiro atoms. The first kappa shape index (κ1) is 15.1. The molecule has 2 amide bonds. The SMILES string of the molecule is CCN(CC)[C@H]1CC(=O)N(c2ccc([N+](=O)[O-])cc2)C1=O. The largest absolute Gasteiger partial charge is 0.292 e. The highest BCUT2D eigenvalue weighted by Crippen LogP contribution is 2.27. The molecule has 1 aliphatic rings. The Morgan fingerprint density at radius 2 is 1.81 bits per heavy atom. The Morgan fingerprint density at radius 3 is 2.29 bits per heavy atom. The lowest BCUT2D eigenvalue weighted by molar-refractivity contribution is -0.384. The van der Waals surface area contributed by atoms with Gasteiger partial charge >= 0.3 is 0 Å². The first-order valence-corrected chi connectivity index (χ1v) is 6.84. The van der Waals surface area contributed by atoms with Gasteiger partial charge in [0.05, 0.1) is 23.1 Å². The smallest absolute Gasteiger partial charge is 0.269 e. The van der Waals surface area contributed by atoms with Gasteiger partial charge in [-0.05, 0) is 25.2 Å². The summed E-state index contributed by atoms with van der Waals surface area (Å²) < 4.78 is 0. The van der Waals surface area contributed by atoms with Crippen LogP contribution in [-0.2, 0) is 9.59 Å². The van der Waals surface area contributed by atoms with Crippen LogP contribution in [0.2, 0.25) is 0 Å². The fourth-order valence-corrected chi connectivity index (χ4v) is 2.56. The normalized spacial score (nSPS) is 18.6. The van der Waals surface area contributed by atoms with Gasteiger partial charge < -0.3 is 0 Å². The van der Waals surface area contributed by atoms with E-state index in [4.69, 9.17) is 0 Å². The standard InChI is InChI=1S/C14H17N3O4/c1-3-15(4-2)12-9-13(18)16(14(12)19)10-5-7-11(8-6-10)17(20)21/h5-8,12H,3-4,9H2,1-2H3/t12-/m0/s1. The molecule has 1 aromatic rings. The second-order valence-electron chi connectivity index (χ2n) is 4.78. The zero-order valence-electron chi connectivity index (χ0n) is 12.0. The number of non-ortho nitro benzene ring substituents is 1. The van der Waals surface area contributed by atoms with Crippen LogP contribution in [0.3, 0.4) is 0 Å². The van der Waals surface area contributed by atoms with Crippen LogP contribution < -0.4 is 4.90 Å². The molecule has 2 rings (SSSR count). The Labute approximate surface area is 122 Å². The van der Waals surface area contributed by atoms with Gasteiger partial charge in [-0.15, -0.1) is 0 Å². The first-order valence-electron chi connectivity index (χ1n) is 6.84. The minimum Gasteiger partial charge on any atom is -0.292 e. The summed E-state index contributed by atoms with van der Waals surface area (Å²) in [5.74, 6) is -0.539. The van der Waals surface area contributed by atoms with Gasteiger partial charge in [-0.3, -0.25) is 24.6 Å². The maximum atomic E-state index is 12.4. The van der Waals surface area contributed by atoms with Crippen LogP contribution >= 0.6 is 0 Å². The molecule has 7 heteroatoms. The summed E-state index contributed by atoms with van der Waals surface area (Å²) in [5, 5.41) is 10.6. The molecule has 1 aliphatic heterocycles. The van der Waals surface area contributed by atoms with Crippen molar-refractivity contribution in [1.82, 2.24) is 4.90 Å². The molecule has 0 aliphatic carbocycles. The fourth-order valence-electron chi connectivity index (χ4n) is 2.56. The number of nitro benzene ring substituents is 1. The molecule has 1 aromatic carbocycles. The van der Waals surface area contributed by atoms with E-state index in [1.54, 1.807) is 0 Å². The van der Waals surface area contributed by atoms with E-state index in [0.717, 1.165) is 4.90 Å². The maximum absolute atomic E-state index is 12.4. The number of carbonyl (C=O) groups excluding carboxylic acids is 2. The second kappa shape index (κ2) is 6.01. The number of likely N-dealkylation sites (N-methyl/N-ethyl adjacent to an activating group) is 1. The predicted molar refractivity (Wildman–Crippen MR) is 76.9 cm³/mol. The summed E-state index contributed by atoms with van der Waals surface area (Å²) in [6.07, 6.45) is 0.150. The number of amides is 2. The quantitative estimate of drug-likeness (QED) is 0.467. The lowest BCUT2D eigenvalue weighted by atomic mass is 10.2. The van der Waals surface area contributed by atoms with Gasteiger partial charge in [0.1, 0.15) is 0 Å². The molecular formula is C14H17N3O4. The van der Waals surface area contributed by atoms with Gasteiger partial charge in [0.25, 0.3) is 11.6 Å². The molecule has 0 bridgehead atoms. The molecule has 1 heterocycles. The molecule has 1 saturated heterocycles. The van der Waals surface area contributed by atoms with Gasteiger partial charge in [-0.25, -0.2) is 4.90 Å². The van der Waals surface area contributed by atoms with Crippen molar-refractivity contribution in [3.63, 3.8) is 0 Å². The fraction of sp³-hybridized carbons (Fsp3) is 0.429. The summed E-state index contributed by atoms with van der Waals surface area (Å²) in [4.78, 5) is 37.7. The minimum absolute atomic E-state index is 0.0712. The lowest BCUT2D eigenvalue weighted by Gasteiger charge is -2.24. The average molecular weight is 291 g/mol. The van der Waals surface area contributed by atoms with E-state index in [-0.39, 0.29) is 23.9 Å². The van der Waals surface area contributed by atoms with Crippen LogP contribution in [0.25, 0.3) is 0 Å².